The summed E-state index contributed by atoms with van der Waals surface area (Å²) in [5.74, 6) is -3.25. The van der Waals surface area contributed by atoms with E-state index in [0.717, 1.165) is 9.80 Å². The maximum absolute atomic E-state index is 14.4. The van der Waals surface area contributed by atoms with E-state index in [1.54, 1.807) is 0 Å². The lowest BCUT2D eigenvalue weighted by atomic mass is 9.85. The molecule has 5 aromatic rings. The van der Waals surface area contributed by atoms with Crippen molar-refractivity contribution >= 4 is 57.2 Å². The minimum Gasteiger partial charge on any atom is -0.456 e. The summed E-state index contributed by atoms with van der Waals surface area (Å²) in [6, 6.07) is 23.6. The summed E-state index contributed by atoms with van der Waals surface area (Å²) in [4.78, 5) is 65.0. The average Bonchev–Trinajstić information content (AvgIpc) is 3.13. The SMILES string of the molecule is [C-]#[N+]c1ccc(N2C(=O)c3ccc4c5c(cc(Oc6ccc(C#N)cc6)c(c35)C2=O)C(=O)N(c2ccc(C#N)c(C#N)c2)C4=O)cc1[N+]#[C-]. The molecule has 0 fully saturated rings. The van der Waals surface area contributed by atoms with E-state index in [-0.39, 0.29) is 78.4 Å². The third-order valence-corrected chi connectivity index (χ3v) is 8.14. The van der Waals surface area contributed by atoms with Gasteiger partial charge in [-0.3, -0.25) is 28.9 Å². The number of nitriles is 3. The van der Waals surface area contributed by atoms with Crippen LogP contribution in [0.15, 0.2) is 78.9 Å². The number of anilines is 2. The smallest absolute Gasteiger partial charge is 0.269 e. The van der Waals surface area contributed by atoms with Crippen LogP contribution in [-0.4, -0.2) is 23.6 Å². The number of carbonyl (C=O) groups is 4. The van der Waals surface area contributed by atoms with Crippen LogP contribution in [0, 0.1) is 47.1 Å². The van der Waals surface area contributed by atoms with Gasteiger partial charge in [0.05, 0.1) is 52.7 Å². The number of rotatable bonds is 4. The summed E-state index contributed by atoms with van der Waals surface area (Å²) < 4.78 is 6.17. The highest BCUT2D eigenvalue weighted by Gasteiger charge is 2.43. The molecule has 12 nitrogen and oxygen atoms in total. The highest BCUT2D eigenvalue weighted by atomic mass is 16.5. The number of carbonyl (C=O) groups excluding carboxylic acids is 4. The fourth-order valence-electron chi connectivity index (χ4n) is 5.91. The summed E-state index contributed by atoms with van der Waals surface area (Å²) in [6.45, 7) is 14.8. The summed E-state index contributed by atoms with van der Waals surface area (Å²) in [5.41, 5.74) is 0.0828. The van der Waals surface area contributed by atoms with Crippen LogP contribution in [0.2, 0.25) is 0 Å². The van der Waals surface area contributed by atoms with Crippen molar-refractivity contribution in [1.29, 1.82) is 15.8 Å². The molecule has 49 heavy (non-hydrogen) atoms. The predicted octanol–water partition coefficient (Wildman–Crippen LogP) is 6.95. The van der Waals surface area contributed by atoms with Gasteiger partial charge < -0.3 is 4.74 Å². The van der Waals surface area contributed by atoms with E-state index in [9.17, 15) is 35.0 Å². The normalized spacial score (nSPS) is 12.9. The monoisotopic (exact) mass is 635 g/mol. The Morgan fingerprint density at radius 3 is 1.80 bits per heavy atom. The molecule has 0 aliphatic carbocycles. The van der Waals surface area contributed by atoms with E-state index in [0.29, 0.717) is 5.56 Å². The van der Waals surface area contributed by atoms with E-state index in [4.69, 9.17) is 17.9 Å². The Balaban J connectivity index is 1.48. The molecule has 0 aromatic heterocycles. The van der Waals surface area contributed by atoms with Gasteiger partial charge >= 0.3 is 0 Å². The Labute approximate surface area is 276 Å². The van der Waals surface area contributed by atoms with Gasteiger partial charge in [-0.2, -0.15) is 15.8 Å². The molecule has 0 saturated heterocycles. The number of nitrogens with zero attached hydrogens (tertiary/aromatic N) is 7. The first-order valence-corrected chi connectivity index (χ1v) is 14.2. The number of hydrogen-bond donors (Lipinski definition) is 0. The van der Waals surface area contributed by atoms with Crippen LogP contribution in [0.4, 0.5) is 22.7 Å². The molecule has 2 aliphatic rings. The molecule has 0 unspecified atom stereocenters. The lowest BCUT2D eigenvalue weighted by molar-refractivity contribution is 0.0871. The molecular weight excluding hydrogens is 622 g/mol. The van der Waals surface area contributed by atoms with E-state index >= 15 is 0 Å². The summed E-state index contributed by atoms with van der Waals surface area (Å²) in [7, 11) is 0. The van der Waals surface area contributed by atoms with Crippen molar-refractivity contribution in [2.24, 2.45) is 0 Å². The molecule has 7 rings (SSSR count). The van der Waals surface area contributed by atoms with Gasteiger partial charge in [0.2, 0.25) is 0 Å². The Hall–Kier alpha value is -8.11. The minimum absolute atomic E-state index is 0.00635. The molecule has 4 amide bonds. The molecule has 0 bridgehead atoms. The van der Waals surface area contributed by atoms with Gasteiger partial charge in [0.1, 0.15) is 23.6 Å². The summed E-state index contributed by atoms with van der Waals surface area (Å²) >= 11 is 0. The quantitative estimate of drug-likeness (QED) is 0.151. The minimum atomic E-state index is -0.871. The zero-order chi connectivity index (χ0) is 34.6. The molecule has 0 saturated carbocycles. The van der Waals surface area contributed by atoms with Crippen molar-refractivity contribution in [3.05, 3.63) is 141 Å². The molecule has 0 atom stereocenters. The van der Waals surface area contributed by atoms with Gasteiger partial charge in [0.25, 0.3) is 23.6 Å². The standard InChI is InChI=1S/C37H13N7O5/c1-41-28-12-7-23(14-29(28)42-2)44-35(46)26-11-10-25-31-27(36(47)43(34(25)45)22-6-5-20(17-39)21(13-22)18-40)15-30(33(32(26)31)37(44)48)49-24-8-3-19(16-38)4-9-24/h3-15H. The van der Waals surface area contributed by atoms with Crippen molar-refractivity contribution in [2.75, 3.05) is 9.80 Å². The Morgan fingerprint density at radius 2 is 1.16 bits per heavy atom. The number of amides is 4. The topological polar surface area (TPSA) is 164 Å². The van der Waals surface area contributed by atoms with E-state index in [1.807, 2.05) is 18.2 Å². The van der Waals surface area contributed by atoms with Crippen molar-refractivity contribution in [3.63, 3.8) is 0 Å². The Kier molecular flexibility index (Phi) is 6.67. The largest absolute Gasteiger partial charge is 0.456 e. The molecular formula is C37H13N7O5. The number of ether oxygens (including phenoxy) is 1. The van der Waals surface area contributed by atoms with Gasteiger partial charge in [-0.15, -0.1) is 0 Å². The number of benzene rings is 5. The van der Waals surface area contributed by atoms with Crippen molar-refractivity contribution in [1.82, 2.24) is 0 Å². The molecule has 2 heterocycles. The predicted molar refractivity (Wildman–Crippen MR) is 172 cm³/mol. The van der Waals surface area contributed by atoms with Gasteiger partial charge in [-0.25, -0.2) is 9.80 Å². The van der Waals surface area contributed by atoms with E-state index in [2.05, 4.69) is 9.69 Å². The van der Waals surface area contributed by atoms with Gasteiger partial charge in [0, 0.05) is 27.6 Å². The van der Waals surface area contributed by atoms with Crippen molar-refractivity contribution in [3.8, 4) is 29.7 Å². The fourth-order valence-corrected chi connectivity index (χ4v) is 5.91. The third-order valence-electron chi connectivity index (χ3n) is 8.14. The molecule has 5 aromatic carbocycles. The van der Waals surface area contributed by atoms with Crippen LogP contribution in [0.3, 0.4) is 0 Å². The Morgan fingerprint density at radius 1 is 0.571 bits per heavy atom. The van der Waals surface area contributed by atoms with Crippen LogP contribution >= 0.6 is 0 Å². The maximum atomic E-state index is 14.4. The second-order valence-corrected chi connectivity index (χ2v) is 10.7. The van der Waals surface area contributed by atoms with Gasteiger partial charge in [-0.05, 0) is 66.7 Å². The van der Waals surface area contributed by atoms with E-state index < -0.39 is 23.6 Å². The molecule has 0 radical (unpaired) electrons. The fraction of sp³-hybridized carbons (Fsp3) is 0. The first-order chi connectivity index (χ1) is 23.7. The molecule has 2 aliphatic heterocycles. The highest BCUT2D eigenvalue weighted by Crippen LogP contribution is 2.46. The van der Waals surface area contributed by atoms with Crippen LogP contribution in [0.5, 0.6) is 11.5 Å². The first kappa shape index (κ1) is 29.6. The number of hydrogen-bond acceptors (Lipinski definition) is 8. The molecule has 0 spiro atoms. The lowest BCUT2D eigenvalue weighted by Crippen LogP contribution is -2.43. The Bertz CT molecular complexity index is 2630. The number of imide groups is 2. The zero-order valence-electron chi connectivity index (χ0n) is 24.7. The second kappa shape index (κ2) is 11.1. The van der Waals surface area contributed by atoms with Crippen LogP contribution in [0.1, 0.15) is 58.1 Å². The zero-order valence-corrected chi connectivity index (χ0v) is 24.7. The first-order valence-electron chi connectivity index (χ1n) is 14.2. The van der Waals surface area contributed by atoms with Gasteiger partial charge in [-0.1, -0.05) is 12.1 Å². The van der Waals surface area contributed by atoms with Crippen molar-refractivity contribution < 1.29 is 23.9 Å². The van der Waals surface area contributed by atoms with Crippen LogP contribution in [0.25, 0.3) is 20.5 Å². The highest BCUT2D eigenvalue weighted by molar-refractivity contribution is 6.43. The van der Waals surface area contributed by atoms with Gasteiger partial charge in [0.15, 0.2) is 11.4 Å². The van der Waals surface area contributed by atoms with Crippen molar-refractivity contribution in [2.45, 2.75) is 0 Å². The lowest BCUT2D eigenvalue weighted by Gasteiger charge is -2.33. The molecule has 0 N–H and O–H groups in total. The maximum Gasteiger partial charge on any atom is 0.269 e. The third kappa shape index (κ3) is 4.34. The molecule has 12 heteroatoms. The second-order valence-electron chi connectivity index (χ2n) is 10.7. The summed E-state index contributed by atoms with van der Waals surface area (Å²) in [6.07, 6.45) is 0. The van der Waals surface area contributed by atoms with Crippen LogP contribution in [-0.2, 0) is 0 Å². The summed E-state index contributed by atoms with van der Waals surface area (Å²) in [5, 5.41) is 28.2. The van der Waals surface area contributed by atoms with Crippen LogP contribution < -0.4 is 14.5 Å². The van der Waals surface area contributed by atoms with E-state index in [1.165, 1.54) is 78.9 Å². The average molecular weight is 636 g/mol. The molecule has 226 valence electrons.